The second-order valence-electron chi connectivity index (χ2n) is 7.51. The highest BCUT2D eigenvalue weighted by molar-refractivity contribution is 7.91. The van der Waals surface area contributed by atoms with Crippen LogP contribution in [0.3, 0.4) is 0 Å². The molecular formula is C19H20F3N3O3S. The number of hydrogen-bond donors (Lipinski definition) is 1. The Morgan fingerprint density at radius 1 is 1.14 bits per heavy atom. The summed E-state index contributed by atoms with van der Waals surface area (Å²) in [6.07, 6.45) is -0.726. The zero-order valence-corrected chi connectivity index (χ0v) is 16.3. The molecule has 1 amide bonds. The van der Waals surface area contributed by atoms with Crippen LogP contribution in [-0.4, -0.2) is 35.6 Å². The highest BCUT2D eigenvalue weighted by atomic mass is 32.2. The number of amides is 1. The van der Waals surface area contributed by atoms with Crippen LogP contribution in [0.25, 0.3) is 0 Å². The van der Waals surface area contributed by atoms with Gasteiger partial charge in [0.05, 0.1) is 23.1 Å². The van der Waals surface area contributed by atoms with Crippen molar-refractivity contribution < 1.29 is 26.4 Å². The van der Waals surface area contributed by atoms with Crippen LogP contribution in [0.5, 0.6) is 0 Å². The number of nitrogens with zero attached hydrogens (tertiary/aromatic N) is 2. The first kappa shape index (κ1) is 19.9. The predicted molar refractivity (Wildman–Crippen MR) is 101 cm³/mol. The van der Waals surface area contributed by atoms with Crippen molar-refractivity contribution in [2.24, 2.45) is 0 Å². The van der Waals surface area contributed by atoms with Crippen LogP contribution in [0.15, 0.2) is 24.3 Å². The number of carbonyl (C=O) groups excluding carboxylic acids is 1. The number of carbonyl (C=O) groups is 1. The predicted octanol–water partition coefficient (Wildman–Crippen LogP) is 3.39. The molecule has 1 aliphatic carbocycles. The van der Waals surface area contributed by atoms with Crippen molar-refractivity contribution in [1.29, 1.82) is 0 Å². The van der Waals surface area contributed by atoms with Gasteiger partial charge in [-0.3, -0.25) is 9.48 Å². The Hall–Kier alpha value is -2.36. The number of rotatable bonds is 3. The Morgan fingerprint density at radius 2 is 1.83 bits per heavy atom. The molecule has 156 valence electrons. The van der Waals surface area contributed by atoms with Crippen molar-refractivity contribution in [3.05, 3.63) is 46.8 Å². The number of hydrogen-bond acceptors (Lipinski definition) is 4. The van der Waals surface area contributed by atoms with E-state index in [-0.39, 0.29) is 28.9 Å². The van der Waals surface area contributed by atoms with Gasteiger partial charge in [-0.1, -0.05) is 0 Å². The van der Waals surface area contributed by atoms with Gasteiger partial charge in [0.1, 0.15) is 0 Å². The molecule has 1 saturated heterocycles. The van der Waals surface area contributed by atoms with E-state index >= 15 is 0 Å². The van der Waals surface area contributed by atoms with Gasteiger partial charge in [0.25, 0.3) is 5.91 Å². The van der Waals surface area contributed by atoms with Crippen LogP contribution in [0, 0.1) is 0 Å². The fourth-order valence-corrected chi connectivity index (χ4v) is 5.70. The van der Waals surface area contributed by atoms with E-state index in [0.29, 0.717) is 12.8 Å². The number of halogens is 3. The summed E-state index contributed by atoms with van der Waals surface area (Å²) < 4.78 is 63.5. The molecule has 2 aliphatic rings. The lowest BCUT2D eigenvalue weighted by atomic mass is 9.95. The van der Waals surface area contributed by atoms with Gasteiger partial charge in [0, 0.05) is 16.9 Å². The van der Waals surface area contributed by atoms with Gasteiger partial charge in [-0.15, -0.1) is 0 Å². The van der Waals surface area contributed by atoms with Gasteiger partial charge in [-0.25, -0.2) is 8.42 Å². The van der Waals surface area contributed by atoms with Gasteiger partial charge >= 0.3 is 6.18 Å². The fourth-order valence-electron chi connectivity index (χ4n) is 4.01. The van der Waals surface area contributed by atoms with E-state index in [4.69, 9.17) is 0 Å². The first-order valence-corrected chi connectivity index (χ1v) is 11.3. The van der Waals surface area contributed by atoms with Crippen LogP contribution < -0.4 is 5.32 Å². The molecular weight excluding hydrogens is 407 g/mol. The van der Waals surface area contributed by atoms with E-state index in [1.54, 1.807) is 4.68 Å². The minimum atomic E-state index is -4.44. The highest BCUT2D eigenvalue weighted by Gasteiger charge is 2.34. The van der Waals surface area contributed by atoms with Crippen molar-refractivity contribution in [3.63, 3.8) is 0 Å². The summed E-state index contributed by atoms with van der Waals surface area (Å²) in [5.41, 5.74) is 1.38. The first-order valence-electron chi connectivity index (χ1n) is 9.43. The second kappa shape index (κ2) is 7.16. The fraction of sp³-hybridized carbons (Fsp3) is 0.474. The van der Waals surface area contributed by atoms with Gasteiger partial charge in [-0.2, -0.15) is 18.3 Å². The summed E-state index contributed by atoms with van der Waals surface area (Å²) in [6, 6.07) is 3.95. The largest absolute Gasteiger partial charge is 0.416 e. The minimum Gasteiger partial charge on any atom is -0.321 e. The quantitative estimate of drug-likeness (QED) is 0.814. The third-order valence-electron chi connectivity index (χ3n) is 5.45. The van der Waals surface area contributed by atoms with Gasteiger partial charge in [0.2, 0.25) is 0 Å². The molecule has 1 aromatic carbocycles. The molecule has 4 rings (SSSR count). The number of alkyl halides is 3. The standard InChI is InChI=1S/C19H20F3N3O3S/c20-19(21,22)12-5-7-13(8-6-12)23-18(26)17-15-3-1-2-4-16(15)25(24-17)14-9-10-29(27,28)11-14/h5-8,14H,1-4,9-11H2,(H,23,26)/t14-/m1/s1. The summed E-state index contributed by atoms with van der Waals surface area (Å²) in [6.45, 7) is 0. The Kier molecular flexibility index (Phi) is 4.92. The number of benzene rings is 1. The number of nitrogens with one attached hydrogen (secondary N) is 1. The summed E-state index contributed by atoms with van der Waals surface area (Å²) in [4.78, 5) is 12.8. The Morgan fingerprint density at radius 3 is 2.45 bits per heavy atom. The molecule has 1 aliphatic heterocycles. The lowest BCUT2D eigenvalue weighted by molar-refractivity contribution is -0.137. The van der Waals surface area contributed by atoms with Gasteiger partial charge in [-0.05, 0) is 56.4 Å². The maximum absolute atomic E-state index is 12.8. The number of fused-ring (bicyclic) bond motifs is 1. The van der Waals surface area contributed by atoms with Crippen LogP contribution >= 0.6 is 0 Å². The van der Waals surface area contributed by atoms with Crippen molar-refractivity contribution in [3.8, 4) is 0 Å². The molecule has 1 atom stereocenters. The van der Waals surface area contributed by atoms with E-state index in [9.17, 15) is 26.4 Å². The Balaban J connectivity index is 1.60. The number of sulfone groups is 1. The summed E-state index contributed by atoms with van der Waals surface area (Å²) in [7, 11) is -3.10. The first-order chi connectivity index (χ1) is 13.6. The van der Waals surface area contributed by atoms with E-state index in [2.05, 4.69) is 10.4 Å². The summed E-state index contributed by atoms with van der Waals surface area (Å²) in [5, 5.41) is 7.06. The molecule has 0 bridgehead atoms. The van der Waals surface area contributed by atoms with Crippen LogP contribution in [0.4, 0.5) is 18.9 Å². The zero-order chi connectivity index (χ0) is 20.8. The second-order valence-corrected chi connectivity index (χ2v) is 9.74. The minimum absolute atomic E-state index is 0.0150. The maximum atomic E-state index is 12.8. The van der Waals surface area contributed by atoms with Gasteiger partial charge < -0.3 is 5.32 Å². The third-order valence-corrected chi connectivity index (χ3v) is 7.20. The van der Waals surface area contributed by atoms with Crippen molar-refractivity contribution in [2.45, 2.75) is 44.3 Å². The topological polar surface area (TPSA) is 81.1 Å². The van der Waals surface area contributed by atoms with Gasteiger partial charge in [0.15, 0.2) is 15.5 Å². The van der Waals surface area contributed by atoms with E-state index < -0.39 is 27.5 Å². The average Bonchev–Trinajstić information content (AvgIpc) is 3.21. The van der Waals surface area contributed by atoms with E-state index in [0.717, 1.165) is 42.7 Å². The maximum Gasteiger partial charge on any atom is 0.416 e. The molecule has 0 saturated carbocycles. The highest BCUT2D eigenvalue weighted by Crippen LogP contribution is 2.32. The van der Waals surface area contributed by atoms with Crippen molar-refractivity contribution in [1.82, 2.24) is 9.78 Å². The molecule has 0 unspecified atom stereocenters. The third kappa shape index (κ3) is 4.03. The lowest BCUT2D eigenvalue weighted by Crippen LogP contribution is -2.17. The number of aromatic nitrogens is 2. The van der Waals surface area contributed by atoms with Crippen LogP contribution in [0.2, 0.25) is 0 Å². The Bertz CT molecular complexity index is 1040. The summed E-state index contributed by atoms with van der Waals surface area (Å²) in [5.74, 6) is -0.372. The van der Waals surface area contributed by atoms with E-state index in [1.807, 2.05) is 0 Å². The Labute approximate surface area is 166 Å². The normalized spacial score (nSPS) is 21.0. The SMILES string of the molecule is O=C(Nc1ccc(C(F)(F)F)cc1)c1nn([C@@H]2CCS(=O)(=O)C2)c2c1CCCC2. The zero-order valence-electron chi connectivity index (χ0n) is 15.5. The van der Waals surface area contributed by atoms with Crippen molar-refractivity contribution >= 4 is 21.4 Å². The molecule has 1 aromatic heterocycles. The molecule has 10 heteroatoms. The molecule has 2 heterocycles. The average molecular weight is 427 g/mol. The molecule has 0 spiro atoms. The molecule has 2 aromatic rings. The van der Waals surface area contributed by atoms with Crippen LogP contribution in [0.1, 0.15) is 52.6 Å². The van der Waals surface area contributed by atoms with E-state index in [1.165, 1.54) is 12.1 Å². The molecule has 29 heavy (non-hydrogen) atoms. The van der Waals surface area contributed by atoms with Crippen LogP contribution in [-0.2, 0) is 28.9 Å². The number of anilines is 1. The lowest BCUT2D eigenvalue weighted by Gasteiger charge is -2.17. The van der Waals surface area contributed by atoms with Crippen molar-refractivity contribution in [2.75, 3.05) is 16.8 Å². The summed E-state index contributed by atoms with van der Waals surface area (Å²) >= 11 is 0. The smallest absolute Gasteiger partial charge is 0.321 e. The molecule has 1 fully saturated rings. The molecule has 1 N–H and O–H groups in total. The molecule has 0 radical (unpaired) electrons. The molecule has 6 nitrogen and oxygen atoms in total. The monoisotopic (exact) mass is 427 g/mol.